The van der Waals surface area contributed by atoms with Crippen LogP contribution in [0.3, 0.4) is 0 Å². The molecule has 66 valence electrons. The Hall–Kier alpha value is -0.780. The molecule has 0 saturated heterocycles. The molecule has 12 heavy (non-hydrogen) atoms. The lowest BCUT2D eigenvalue weighted by atomic mass is 10.0. The maximum absolute atomic E-state index is 4.01. The van der Waals surface area contributed by atoms with Gasteiger partial charge in [0.25, 0.3) is 0 Å². The second-order valence-corrected chi connectivity index (χ2v) is 3.54. The van der Waals surface area contributed by atoms with Gasteiger partial charge in [-0.1, -0.05) is 36.0 Å². The molecule has 1 aliphatic carbocycles. The Bertz CT molecular complexity index is 204. The molecule has 0 radical (unpaired) electrons. The van der Waals surface area contributed by atoms with E-state index in [2.05, 4.69) is 31.7 Å². The SMILES string of the molecule is C=C1C=CCCCC=C(C)CC1. The van der Waals surface area contributed by atoms with Crippen molar-refractivity contribution in [1.82, 2.24) is 0 Å². The molecule has 0 aromatic heterocycles. The van der Waals surface area contributed by atoms with Gasteiger partial charge in [0.05, 0.1) is 0 Å². The monoisotopic (exact) mass is 162 g/mol. The lowest BCUT2D eigenvalue weighted by Crippen LogP contribution is -1.84. The van der Waals surface area contributed by atoms with Crippen LogP contribution in [0.1, 0.15) is 39.0 Å². The first-order chi connectivity index (χ1) is 5.79. The van der Waals surface area contributed by atoms with Gasteiger partial charge in [0.1, 0.15) is 0 Å². The molecule has 0 N–H and O–H groups in total. The van der Waals surface area contributed by atoms with Crippen molar-refractivity contribution in [2.75, 3.05) is 0 Å². The van der Waals surface area contributed by atoms with Gasteiger partial charge < -0.3 is 0 Å². The van der Waals surface area contributed by atoms with Crippen molar-refractivity contribution in [2.45, 2.75) is 39.0 Å². The predicted octanol–water partition coefficient (Wildman–Crippen LogP) is 4.01. The average Bonchev–Trinajstić information content (AvgIpc) is 2.07. The maximum Gasteiger partial charge on any atom is -0.0248 e. The largest absolute Gasteiger partial charge is 0.0958 e. The highest BCUT2D eigenvalue weighted by atomic mass is 14.0. The minimum absolute atomic E-state index is 1.12. The molecular weight excluding hydrogens is 144 g/mol. The zero-order valence-corrected chi connectivity index (χ0v) is 7.97. The number of rotatable bonds is 0. The molecule has 0 heterocycles. The molecule has 0 saturated carbocycles. The van der Waals surface area contributed by atoms with Crippen LogP contribution in [0.4, 0.5) is 0 Å². The lowest BCUT2D eigenvalue weighted by Gasteiger charge is -2.04. The van der Waals surface area contributed by atoms with Crippen LogP contribution in [0, 0.1) is 0 Å². The van der Waals surface area contributed by atoms with Crippen LogP contribution in [0.2, 0.25) is 0 Å². The second kappa shape index (κ2) is 4.97. The minimum Gasteiger partial charge on any atom is -0.0958 e. The number of allylic oxidation sites excluding steroid dienone is 5. The molecule has 0 unspecified atom stereocenters. The van der Waals surface area contributed by atoms with Gasteiger partial charge in [-0.2, -0.15) is 0 Å². The van der Waals surface area contributed by atoms with Crippen molar-refractivity contribution < 1.29 is 0 Å². The maximum atomic E-state index is 4.01. The third-order valence-electron chi connectivity index (χ3n) is 2.26. The van der Waals surface area contributed by atoms with Gasteiger partial charge >= 0.3 is 0 Å². The molecule has 0 nitrogen and oxygen atoms in total. The van der Waals surface area contributed by atoms with E-state index in [1.165, 1.54) is 36.8 Å². The molecule has 0 spiro atoms. The zero-order valence-electron chi connectivity index (χ0n) is 7.97. The van der Waals surface area contributed by atoms with E-state index < -0.39 is 0 Å². The van der Waals surface area contributed by atoms with Gasteiger partial charge in [0.2, 0.25) is 0 Å². The third kappa shape index (κ3) is 3.56. The van der Waals surface area contributed by atoms with Crippen LogP contribution in [0.15, 0.2) is 36.0 Å². The smallest absolute Gasteiger partial charge is 0.0248 e. The Morgan fingerprint density at radius 3 is 2.92 bits per heavy atom. The molecular formula is C12H18. The van der Waals surface area contributed by atoms with Gasteiger partial charge in [-0.05, 0) is 39.0 Å². The molecule has 0 aliphatic heterocycles. The fraction of sp³-hybridized carbons (Fsp3) is 0.500. The highest BCUT2D eigenvalue weighted by molar-refractivity contribution is 5.16. The van der Waals surface area contributed by atoms with E-state index in [1.807, 2.05) is 0 Å². The zero-order chi connectivity index (χ0) is 8.81. The van der Waals surface area contributed by atoms with Crippen molar-refractivity contribution in [2.24, 2.45) is 0 Å². The van der Waals surface area contributed by atoms with Crippen LogP contribution in [0.25, 0.3) is 0 Å². The van der Waals surface area contributed by atoms with E-state index >= 15 is 0 Å². The van der Waals surface area contributed by atoms with Crippen LogP contribution in [-0.2, 0) is 0 Å². The Labute approximate surface area is 75.7 Å². The Morgan fingerprint density at radius 1 is 1.25 bits per heavy atom. The molecule has 0 bridgehead atoms. The summed E-state index contributed by atoms with van der Waals surface area (Å²) in [6, 6.07) is 0. The fourth-order valence-corrected chi connectivity index (χ4v) is 1.38. The van der Waals surface area contributed by atoms with Crippen LogP contribution >= 0.6 is 0 Å². The quantitative estimate of drug-likeness (QED) is 0.472. The summed E-state index contributed by atoms with van der Waals surface area (Å²) in [5.41, 5.74) is 2.79. The van der Waals surface area contributed by atoms with Crippen molar-refractivity contribution in [1.29, 1.82) is 0 Å². The van der Waals surface area contributed by atoms with Crippen molar-refractivity contribution in [3.63, 3.8) is 0 Å². The van der Waals surface area contributed by atoms with E-state index in [1.54, 1.807) is 0 Å². The average molecular weight is 162 g/mol. The summed E-state index contributed by atoms with van der Waals surface area (Å²) >= 11 is 0. The Kier molecular flexibility index (Phi) is 3.86. The first-order valence-electron chi connectivity index (χ1n) is 4.79. The predicted molar refractivity (Wildman–Crippen MR) is 55.1 cm³/mol. The summed E-state index contributed by atoms with van der Waals surface area (Å²) < 4.78 is 0. The van der Waals surface area contributed by atoms with E-state index in [-0.39, 0.29) is 0 Å². The molecule has 0 atom stereocenters. The molecule has 1 rings (SSSR count). The van der Waals surface area contributed by atoms with Gasteiger partial charge in [0, 0.05) is 0 Å². The summed E-state index contributed by atoms with van der Waals surface area (Å²) in [6.07, 6.45) is 12.8. The van der Waals surface area contributed by atoms with Gasteiger partial charge in [-0.3, -0.25) is 0 Å². The van der Waals surface area contributed by atoms with E-state index in [0.29, 0.717) is 0 Å². The molecule has 1 aliphatic rings. The summed E-state index contributed by atoms with van der Waals surface area (Å²) in [4.78, 5) is 0. The number of hydrogen-bond donors (Lipinski definition) is 0. The molecule has 0 aromatic carbocycles. The van der Waals surface area contributed by atoms with Gasteiger partial charge in [0.15, 0.2) is 0 Å². The minimum atomic E-state index is 1.12. The summed E-state index contributed by atoms with van der Waals surface area (Å²) in [5, 5.41) is 0. The lowest BCUT2D eigenvalue weighted by molar-refractivity contribution is 0.837. The van der Waals surface area contributed by atoms with Crippen LogP contribution in [-0.4, -0.2) is 0 Å². The van der Waals surface area contributed by atoms with Crippen molar-refractivity contribution in [3.05, 3.63) is 36.0 Å². The Morgan fingerprint density at radius 2 is 2.08 bits per heavy atom. The summed E-state index contributed by atoms with van der Waals surface area (Å²) in [7, 11) is 0. The topological polar surface area (TPSA) is 0 Å². The second-order valence-electron chi connectivity index (χ2n) is 3.54. The summed E-state index contributed by atoms with van der Waals surface area (Å²) in [6.45, 7) is 6.23. The standard InChI is InChI=1S/C12H18/c1-11-7-5-3-4-6-8-12(2)10-9-11/h5,7-8H,1,3-4,6,9-10H2,2H3. The van der Waals surface area contributed by atoms with Gasteiger partial charge in [-0.25, -0.2) is 0 Å². The van der Waals surface area contributed by atoms with E-state index in [4.69, 9.17) is 0 Å². The van der Waals surface area contributed by atoms with Crippen LogP contribution in [0.5, 0.6) is 0 Å². The first-order valence-corrected chi connectivity index (χ1v) is 4.79. The highest BCUT2D eigenvalue weighted by Crippen LogP contribution is 2.14. The Balaban J connectivity index is 2.50. The summed E-state index contributed by atoms with van der Waals surface area (Å²) in [5.74, 6) is 0. The molecule has 0 fully saturated rings. The van der Waals surface area contributed by atoms with Gasteiger partial charge in [-0.15, -0.1) is 0 Å². The molecule has 0 amide bonds. The fourth-order valence-electron chi connectivity index (χ4n) is 1.38. The molecule has 0 aromatic rings. The highest BCUT2D eigenvalue weighted by Gasteiger charge is 1.94. The normalized spacial score (nSPS) is 20.4. The molecule has 0 heteroatoms. The van der Waals surface area contributed by atoms with Crippen molar-refractivity contribution in [3.8, 4) is 0 Å². The third-order valence-corrected chi connectivity index (χ3v) is 2.26. The van der Waals surface area contributed by atoms with Crippen molar-refractivity contribution >= 4 is 0 Å². The van der Waals surface area contributed by atoms with Crippen LogP contribution < -0.4 is 0 Å². The first kappa shape index (κ1) is 9.31. The van der Waals surface area contributed by atoms with E-state index in [0.717, 1.165) is 6.42 Å². The van der Waals surface area contributed by atoms with E-state index in [9.17, 15) is 0 Å². The number of hydrogen-bond acceptors (Lipinski definition) is 0.